The molecule has 1 heterocycles. The van der Waals surface area contributed by atoms with E-state index in [1.54, 1.807) is 30.3 Å². The fourth-order valence-electron chi connectivity index (χ4n) is 1.99. The number of nitrogens with one attached hydrogen (secondary N) is 1. The Bertz CT molecular complexity index is 549. The Morgan fingerprint density at radius 3 is 2.58 bits per heavy atom. The van der Waals surface area contributed by atoms with Crippen molar-refractivity contribution in [2.75, 3.05) is 13.2 Å². The van der Waals surface area contributed by atoms with Crippen LogP contribution in [0, 0.1) is 0 Å². The van der Waals surface area contributed by atoms with Gasteiger partial charge < -0.3 is 9.84 Å². The quantitative estimate of drug-likeness (QED) is 0.814. The highest BCUT2D eigenvalue weighted by molar-refractivity contribution is 7.88. The molecule has 2 rings (SSSR count). The molecule has 1 aromatic rings. The fourth-order valence-corrected chi connectivity index (χ4v) is 3.53. The van der Waals surface area contributed by atoms with Gasteiger partial charge in [-0.15, -0.1) is 0 Å². The molecule has 104 valence electrons. The van der Waals surface area contributed by atoms with Gasteiger partial charge in [0.25, 0.3) is 0 Å². The van der Waals surface area contributed by atoms with Gasteiger partial charge in [0.2, 0.25) is 10.0 Å². The number of carboxylic acids is 1. The third-order valence-electron chi connectivity index (χ3n) is 2.98. The molecule has 0 radical (unpaired) electrons. The van der Waals surface area contributed by atoms with Gasteiger partial charge in [-0.25, -0.2) is 8.42 Å². The third-order valence-corrected chi connectivity index (χ3v) is 4.40. The Labute approximate surface area is 111 Å². The highest BCUT2D eigenvalue weighted by atomic mass is 32.2. The maximum Gasteiger partial charge on any atom is 0.327 e. The van der Waals surface area contributed by atoms with Crippen molar-refractivity contribution in [2.24, 2.45) is 0 Å². The topological polar surface area (TPSA) is 92.7 Å². The molecule has 0 spiro atoms. The van der Waals surface area contributed by atoms with Gasteiger partial charge in [0, 0.05) is 13.0 Å². The monoisotopic (exact) mass is 285 g/mol. The first-order valence-corrected chi connectivity index (χ1v) is 7.45. The standard InChI is InChI=1S/C12H15NO5S/c14-11(15)12(6-7-18-9-12)13-19(16,17)8-10-4-2-1-3-5-10/h1-5,13H,6-9H2,(H,14,15). The van der Waals surface area contributed by atoms with Gasteiger partial charge in [-0.3, -0.25) is 4.79 Å². The summed E-state index contributed by atoms with van der Waals surface area (Å²) in [6.45, 7) is 0.0938. The van der Waals surface area contributed by atoms with Crippen molar-refractivity contribution in [3.63, 3.8) is 0 Å². The average molecular weight is 285 g/mol. The van der Waals surface area contributed by atoms with Crippen LogP contribution < -0.4 is 4.72 Å². The largest absolute Gasteiger partial charge is 0.480 e. The lowest BCUT2D eigenvalue weighted by Gasteiger charge is -2.23. The van der Waals surface area contributed by atoms with Gasteiger partial charge in [-0.05, 0) is 5.56 Å². The van der Waals surface area contributed by atoms with Crippen LogP contribution in [0.4, 0.5) is 0 Å². The van der Waals surface area contributed by atoms with Gasteiger partial charge >= 0.3 is 5.97 Å². The normalized spacial score (nSPS) is 23.4. The zero-order valence-electron chi connectivity index (χ0n) is 10.2. The van der Waals surface area contributed by atoms with Crippen LogP contribution in [0.1, 0.15) is 12.0 Å². The van der Waals surface area contributed by atoms with E-state index in [2.05, 4.69) is 4.72 Å². The van der Waals surface area contributed by atoms with Gasteiger partial charge in [0.1, 0.15) is 0 Å². The minimum Gasteiger partial charge on any atom is -0.480 e. The third kappa shape index (κ3) is 3.31. The van der Waals surface area contributed by atoms with Crippen LogP contribution in [0.25, 0.3) is 0 Å². The molecule has 0 saturated carbocycles. The number of carboxylic acid groups (broad SMARTS) is 1. The Hall–Kier alpha value is -1.44. The van der Waals surface area contributed by atoms with E-state index in [-0.39, 0.29) is 25.4 Å². The van der Waals surface area contributed by atoms with Crippen LogP contribution in [0.2, 0.25) is 0 Å². The van der Waals surface area contributed by atoms with Crippen molar-refractivity contribution >= 4 is 16.0 Å². The Balaban J connectivity index is 2.14. The molecular formula is C12H15NO5S. The van der Waals surface area contributed by atoms with Crippen LogP contribution in [-0.2, 0) is 25.3 Å². The first-order valence-electron chi connectivity index (χ1n) is 5.80. The Morgan fingerprint density at radius 1 is 1.37 bits per heavy atom. The molecule has 1 unspecified atom stereocenters. The summed E-state index contributed by atoms with van der Waals surface area (Å²) < 4.78 is 31.3. The minimum atomic E-state index is -3.73. The van der Waals surface area contributed by atoms with Crippen LogP contribution >= 0.6 is 0 Å². The maximum absolute atomic E-state index is 12.0. The molecule has 2 N–H and O–H groups in total. The number of carbonyl (C=O) groups is 1. The van der Waals surface area contributed by atoms with Gasteiger partial charge in [0.05, 0.1) is 12.4 Å². The number of sulfonamides is 1. The van der Waals surface area contributed by atoms with E-state index >= 15 is 0 Å². The molecule has 1 saturated heterocycles. The van der Waals surface area contributed by atoms with Gasteiger partial charge in [-0.2, -0.15) is 4.72 Å². The summed E-state index contributed by atoms with van der Waals surface area (Å²) in [6, 6.07) is 8.61. The van der Waals surface area contributed by atoms with Crippen molar-refractivity contribution in [1.82, 2.24) is 4.72 Å². The number of rotatable bonds is 5. The Kier molecular flexibility index (Phi) is 3.88. The molecule has 1 aliphatic rings. The Morgan fingerprint density at radius 2 is 2.05 bits per heavy atom. The van der Waals surface area contributed by atoms with E-state index in [1.165, 1.54) is 0 Å². The fraction of sp³-hybridized carbons (Fsp3) is 0.417. The lowest BCUT2D eigenvalue weighted by molar-refractivity contribution is -0.144. The number of benzene rings is 1. The summed E-state index contributed by atoms with van der Waals surface area (Å²) in [6.07, 6.45) is 0.135. The molecule has 0 amide bonds. The van der Waals surface area contributed by atoms with E-state index < -0.39 is 21.5 Å². The van der Waals surface area contributed by atoms with E-state index in [9.17, 15) is 18.3 Å². The van der Waals surface area contributed by atoms with Crippen LogP contribution in [0.15, 0.2) is 30.3 Å². The maximum atomic E-state index is 12.0. The van der Waals surface area contributed by atoms with Crippen molar-refractivity contribution in [1.29, 1.82) is 0 Å². The van der Waals surface area contributed by atoms with Crippen LogP contribution in [0.3, 0.4) is 0 Å². The van der Waals surface area contributed by atoms with Crippen molar-refractivity contribution in [3.8, 4) is 0 Å². The number of ether oxygens (including phenoxy) is 1. The first-order chi connectivity index (χ1) is 8.94. The summed E-state index contributed by atoms with van der Waals surface area (Å²) in [5, 5.41) is 9.19. The molecule has 0 aromatic heterocycles. The molecular weight excluding hydrogens is 270 g/mol. The van der Waals surface area contributed by atoms with Gasteiger partial charge in [-0.1, -0.05) is 30.3 Å². The van der Waals surface area contributed by atoms with Crippen LogP contribution in [0.5, 0.6) is 0 Å². The molecule has 7 heteroatoms. The highest BCUT2D eigenvalue weighted by Gasteiger charge is 2.45. The number of aliphatic carboxylic acids is 1. The summed E-state index contributed by atoms with van der Waals surface area (Å²) in [5.41, 5.74) is -0.928. The average Bonchev–Trinajstić information content (AvgIpc) is 2.78. The lowest BCUT2D eigenvalue weighted by atomic mass is 10.0. The summed E-state index contributed by atoms with van der Waals surface area (Å²) in [4.78, 5) is 11.2. The van der Waals surface area contributed by atoms with Crippen molar-refractivity contribution in [3.05, 3.63) is 35.9 Å². The van der Waals surface area contributed by atoms with E-state index in [0.29, 0.717) is 5.56 Å². The van der Waals surface area contributed by atoms with Gasteiger partial charge in [0.15, 0.2) is 5.54 Å². The molecule has 6 nitrogen and oxygen atoms in total. The molecule has 1 fully saturated rings. The number of hydrogen-bond donors (Lipinski definition) is 2. The highest BCUT2D eigenvalue weighted by Crippen LogP contribution is 2.21. The zero-order valence-corrected chi connectivity index (χ0v) is 11.0. The summed E-state index contributed by atoms with van der Waals surface area (Å²) >= 11 is 0. The second-order valence-corrected chi connectivity index (χ2v) is 6.26. The lowest BCUT2D eigenvalue weighted by Crippen LogP contribution is -2.55. The summed E-state index contributed by atoms with van der Waals surface area (Å²) in [7, 11) is -3.73. The van der Waals surface area contributed by atoms with E-state index in [1.807, 2.05) is 0 Å². The predicted molar refractivity (Wildman–Crippen MR) is 68.0 cm³/mol. The molecule has 19 heavy (non-hydrogen) atoms. The molecule has 0 bridgehead atoms. The SMILES string of the molecule is O=C(O)C1(NS(=O)(=O)Cc2ccccc2)CCOC1. The second-order valence-electron chi connectivity index (χ2n) is 4.54. The van der Waals surface area contributed by atoms with Crippen molar-refractivity contribution < 1.29 is 23.1 Å². The number of hydrogen-bond acceptors (Lipinski definition) is 4. The molecule has 1 aromatic carbocycles. The molecule has 0 aliphatic carbocycles. The minimum absolute atomic E-state index is 0.135. The zero-order chi connectivity index (χ0) is 13.9. The summed E-state index contributed by atoms with van der Waals surface area (Å²) in [5.74, 6) is -1.45. The van der Waals surface area contributed by atoms with E-state index in [0.717, 1.165) is 0 Å². The van der Waals surface area contributed by atoms with Crippen molar-refractivity contribution in [2.45, 2.75) is 17.7 Å². The smallest absolute Gasteiger partial charge is 0.327 e. The van der Waals surface area contributed by atoms with Crippen LogP contribution in [-0.4, -0.2) is 38.2 Å². The first kappa shape index (κ1) is 14.0. The predicted octanol–water partition coefficient (Wildman–Crippen LogP) is 0.350. The van der Waals surface area contributed by atoms with E-state index in [4.69, 9.17) is 4.74 Å². The molecule has 1 atom stereocenters. The second kappa shape index (κ2) is 5.28. The molecule has 1 aliphatic heterocycles.